The van der Waals surface area contributed by atoms with Gasteiger partial charge in [0.25, 0.3) is 5.69 Å². The maximum atomic E-state index is 11.1. The molecule has 1 N–H and O–H groups in total. The second kappa shape index (κ2) is 5.58. The van der Waals surface area contributed by atoms with Crippen molar-refractivity contribution in [1.82, 2.24) is 0 Å². The molecule has 1 aliphatic carbocycles. The number of nitro benzene ring substituents is 1. The normalized spacial score (nSPS) is 24.0. The van der Waals surface area contributed by atoms with E-state index in [4.69, 9.17) is 16.3 Å². The Bertz CT molecular complexity index is 519. The zero-order valence-electron chi connectivity index (χ0n) is 11.9. The van der Waals surface area contributed by atoms with Crippen LogP contribution in [0, 0.1) is 15.5 Å². The number of benzene rings is 1. The number of nitrogens with zero attached hydrogens (tertiary/aromatic N) is 1. The molecule has 20 heavy (non-hydrogen) atoms. The number of nitrogens with one attached hydrogen (secondary N) is 1. The van der Waals surface area contributed by atoms with Crippen molar-refractivity contribution in [1.29, 1.82) is 0 Å². The monoisotopic (exact) mass is 298 g/mol. The fourth-order valence-corrected chi connectivity index (χ4v) is 2.82. The number of para-hydroxylation sites is 1. The van der Waals surface area contributed by atoms with Gasteiger partial charge in [-0.3, -0.25) is 10.1 Å². The van der Waals surface area contributed by atoms with E-state index in [1.807, 2.05) is 6.92 Å². The second-order valence-electron chi connectivity index (χ2n) is 5.59. The van der Waals surface area contributed by atoms with Crippen molar-refractivity contribution in [2.45, 2.75) is 39.3 Å². The lowest BCUT2D eigenvalue weighted by Crippen LogP contribution is -2.58. The van der Waals surface area contributed by atoms with Gasteiger partial charge in [0.05, 0.1) is 16.0 Å². The molecule has 0 heterocycles. The van der Waals surface area contributed by atoms with Crippen LogP contribution in [0.15, 0.2) is 18.2 Å². The summed E-state index contributed by atoms with van der Waals surface area (Å²) in [5, 5.41) is 14.7. The summed E-state index contributed by atoms with van der Waals surface area (Å²) in [6.45, 7) is 6.83. The van der Waals surface area contributed by atoms with Crippen LogP contribution in [0.3, 0.4) is 0 Å². The molecule has 6 heteroatoms. The second-order valence-corrected chi connectivity index (χ2v) is 6.00. The molecule has 1 aromatic carbocycles. The summed E-state index contributed by atoms with van der Waals surface area (Å²) < 4.78 is 5.66. The SMILES string of the molecule is CCOC1CC(Nc2c(Cl)cccc2[N+](=O)[O-])C1(C)C. The Morgan fingerprint density at radius 2 is 2.25 bits per heavy atom. The van der Waals surface area contributed by atoms with E-state index in [0.29, 0.717) is 17.3 Å². The Balaban J connectivity index is 2.18. The topological polar surface area (TPSA) is 64.4 Å². The first kappa shape index (κ1) is 15.1. The summed E-state index contributed by atoms with van der Waals surface area (Å²) in [5.74, 6) is 0. The van der Waals surface area contributed by atoms with E-state index in [-0.39, 0.29) is 23.2 Å². The van der Waals surface area contributed by atoms with Crippen LogP contribution in [0.4, 0.5) is 11.4 Å². The molecular formula is C14H19ClN2O3. The Hall–Kier alpha value is -1.33. The van der Waals surface area contributed by atoms with Crippen LogP contribution in [0.25, 0.3) is 0 Å². The Morgan fingerprint density at radius 1 is 1.55 bits per heavy atom. The van der Waals surface area contributed by atoms with Crippen LogP contribution in [-0.4, -0.2) is 23.7 Å². The van der Waals surface area contributed by atoms with Crippen molar-refractivity contribution in [3.8, 4) is 0 Å². The van der Waals surface area contributed by atoms with E-state index < -0.39 is 4.92 Å². The van der Waals surface area contributed by atoms with Gasteiger partial charge in [0.2, 0.25) is 0 Å². The average molecular weight is 299 g/mol. The number of halogens is 1. The zero-order valence-corrected chi connectivity index (χ0v) is 12.6. The van der Waals surface area contributed by atoms with E-state index in [1.165, 1.54) is 6.07 Å². The van der Waals surface area contributed by atoms with Crippen molar-refractivity contribution < 1.29 is 9.66 Å². The van der Waals surface area contributed by atoms with E-state index in [2.05, 4.69) is 19.2 Å². The van der Waals surface area contributed by atoms with E-state index in [9.17, 15) is 10.1 Å². The molecular weight excluding hydrogens is 280 g/mol. The van der Waals surface area contributed by atoms with Crippen LogP contribution >= 0.6 is 11.6 Å². The molecule has 0 bridgehead atoms. The predicted octanol–water partition coefficient (Wildman–Crippen LogP) is 3.86. The van der Waals surface area contributed by atoms with Gasteiger partial charge in [-0.15, -0.1) is 0 Å². The molecule has 1 fully saturated rings. The van der Waals surface area contributed by atoms with Crippen LogP contribution in [0.1, 0.15) is 27.2 Å². The highest BCUT2D eigenvalue weighted by Gasteiger charge is 2.49. The minimum absolute atomic E-state index is 0.00756. The number of anilines is 1. The predicted molar refractivity (Wildman–Crippen MR) is 79.3 cm³/mol. The third-order valence-corrected chi connectivity index (χ3v) is 4.37. The minimum Gasteiger partial charge on any atom is -0.378 e. The highest BCUT2D eigenvalue weighted by molar-refractivity contribution is 6.33. The molecule has 110 valence electrons. The molecule has 0 aromatic heterocycles. The lowest BCUT2D eigenvalue weighted by atomic mass is 9.64. The number of nitro groups is 1. The molecule has 0 saturated heterocycles. The first-order chi connectivity index (χ1) is 9.37. The van der Waals surface area contributed by atoms with E-state index >= 15 is 0 Å². The number of hydrogen-bond acceptors (Lipinski definition) is 4. The summed E-state index contributed by atoms with van der Waals surface area (Å²) in [5.41, 5.74) is 0.323. The zero-order chi connectivity index (χ0) is 14.9. The fraction of sp³-hybridized carbons (Fsp3) is 0.571. The minimum atomic E-state index is -0.417. The van der Waals surface area contributed by atoms with Gasteiger partial charge in [-0.1, -0.05) is 31.5 Å². The highest BCUT2D eigenvalue weighted by atomic mass is 35.5. The highest BCUT2D eigenvalue weighted by Crippen LogP contribution is 2.46. The third kappa shape index (κ3) is 2.60. The smallest absolute Gasteiger partial charge is 0.293 e. The lowest BCUT2D eigenvalue weighted by Gasteiger charge is -2.52. The quantitative estimate of drug-likeness (QED) is 0.662. The van der Waals surface area contributed by atoms with Crippen molar-refractivity contribution in [2.24, 2.45) is 5.41 Å². The first-order valence-corrected chi connectivity index (χ1v) is 7.06. The summed E-state index contributed by atoms with van der Waals surface area (Å²) in [7, 11) is 0. The molecule has 0 spiro atoms. The van der Waals surface area contributed by atoms with Crippen LogP contribution in [-0.2, 0) is 4.74 Å². The third-order valence-electron chi connectivity index (χ3n) is 4.05. The summed E-state index contributed by atoms with van der Waals surface area (Å²) in [6.07, 6.45) is 0.995. The standard InChI is InChI=1S/C14H19ClN2O3/c1-4-20-12-8-11(14(12,2)3)16-13-9(15)6-5-7-10(13)17(18)19/h5-7,11-12,16H,4,8H2,1-3H3. The molecule has 1 saturated carbocycles. The molecule has 0 aliphatic heterocycles. The van der Waals surface area contributed by atoms with Gasteiger partial charge in [0.15, 0.2) is 0 Å². The van der Waals surface area contributed by atoms with Crippen LogP contribution < -0.4 is 5.32 Å². The molecule has 1 aromatic rings. The van der Waals surface area contributed by atoms with Gasteiger partial charge in [0.1, 0.15) is 5.69 Å². The lowest BCUT2D eigenvalue weighted by molar-refractivity contribution is -0.384. The van der Waals surface area contributed by atoms with Crippen molar-refractivity contribution in [3.05, 3.63) is 33.3 Å². The average Bonchev–Trinajstić information content (AvgIpc) is 2.39. The van der Waals surface area contributed by atoms with Gasteiger partial charge in [0, 0.05) is 24.1 Å². The first-order valence-electron chi connectivity index (χ1n) is 6.69. The fourth-order valence-electron chi connectivity index (χ4n) is 2.60. The van der Waals surface area contributed by atoms with Gasteiger partial charge < -0.3 is 10.1 Å². The Kier molecular flexibility index (Phi) is 4.20. The molecule has 2 atom stereocenters. The van der Waals surface area contributed by atoms with Crippen LogP contribution in [0.2, 0.25) is 5.02 Å². The van der Waals surface area contributed by atoms with Crippen LogP contribution in [0.5, 0.6) is 0 Å². The van der Waals surface area contributed by atoms with Crippen molar-refractivity contribution in [3.63, 3.8) is 0 Å². The summed E-state index contributed by atoms with van der Waals surface area (Å²) in [4.78, 5) is 10.7. The van der Waals surface area contributed by atoms with Gasteiger partial charge in [-0.05, 0) is 19.4 Å². The largest absolute Gasteiger partial charge is 0.378 e. The maximum absolute atomic E-state index is 11.1. The molecule has 0 radical (unpaired) electrons. The molecule has 2 rings (SSSR count). The molecule has 0 amide bonds. The van der Waals surface area contributed by atoms with Gasteiger partial charge in [-0.2, -0.15) is 0 Å². The Morgan fingerprint density at radius 3 is 2.80 bits per heavy atom. The van der Waals surface area contributed by atoms with Crippen molar-refractivity contribution in [2.75, 3.05) is 11.9 Å². The van der Waals surface area contributed by atoms with Gasteiger partial charge >= 0.3 is 0 Å². The van der Waals surface area contributed by atoms with E-state index in [1.54, 1.807) is 12.1 Å². The maximum Gasteiger partial charge on any atom is 0.293 e. The van der Waals surface area contributed by atoms with Crippen molar-refractivity contribution >= 4 is 23.0 Å². The number of rotatable bonds is 5. The number of hydrogen-bond donors (Lipinski definition) is 1. The molecule has 5 nitrogen and oxygen atoms in total. The Labute approximate surface area is 123 Å². The van der Waals surface area contributed by atoms with E-state index in [0.717, 1.165) is 6.42 Å². The summed E-state index contributed by atoms with van der Waals surface area (Å²) >= 11 is 6.09. The molecule has 1 aliphatic rings. The van der Waals surface area contributed by atoms with Gasteiger partial charge in [-0.25, -0.2) is 0 Å². The summed E-state index contributed by atoms with van der Waals surface area (Å²) in [6, 6.07) is 4.81. The molecule has 2 unspecified atom stereocenters. The number of ether oxygens (including phenoxy) is 1.